The molecule has 0 aliphatic heterocycles. The molecule has 19 heavy (non-hydrogen) atoms. The molecule has 0 radical (unpaired) electrons. The van der Waals surface area contributed by atoms with E-state index in [-0.39, 0.29) is 11.0 Å². The number of H-pyrrole nitrogens is 1. The van der Waals surface area contributed by atoms with Gasteiger partial charge >= 0.3 is 0 Å². The summed E-state index contributed by atoms with van der Waals surface area (Å²) >= 11 is 3.07. The minimum absolute atomic E-state index is 0.134. The predicted octanol–water partition coefficient (Wildman–Crippen LogP) is 3.99. The highest BCUT2D eigenvalue weighted by Gasteiger charge is 2.20. The standard InChI is InChI=1S/C14H12N2OS2/c1-9(19-14-15-6-7-18-14)13(17)11-8-16-12-5-3-2-4-10(11)12/h2-9,16H,1H3. The van der Waals surface area contributed by atoms with Gasteiger partial charge in [0, 0.05) is 34.2 Å². The number of para-hydroxylation sites is 1. The topological polar surface area (TPSA) is 45.8 Å². The highest BCUT2D eigenvalue weighted by molar-refractivity contribution is 8.02. The van der Waals surface area contributed by atoms with Crippen LogP contribution in [0.1, 0.15) is 17.3 Å². The van der Waals surface area contributed by atoms with Crippen LogP contribution in [0.15, 0.2) is 46.4 Å². The predicted molar refractivity (Wildman–Crippen MR) is 80.1 cm³/mol. The molecule has 0 fully saturated rings. The first-order valence-corrected chi connectivity index (χ1v) is 7.68. The summed E-state index contributed by atoms with van der Waals surface area (Å²) < 4.78 is 0.931. The van der Waals surface area contributed by atoms with Crippen LogP contribution in [0.3, 0.4) is 0 Å². The zero-order chi connectivity index (χ0) is 13.2. The van der Waals surface area contributed by atoms with Crippen LogP contribution in [0.25, 0.3) is 10.9 Å². The fraction of sp³-hybridized carbons (Fsp3) is 0.143. The highest BCUT2D eigenvalue weighted by Crippen LogP contribution is 2.29. The van der Waals surface area contributed by atoms with E-state index in [2.05, 4.69) is 9.97 Å². The summed E-state index contributed by atoms with van der Waals surface area (Å²) in [5.74, 6) is 0.137. The Morgan fingerprint density at radius 2 is 2.26 bits per heavy atom. The smallest absolute Gasteiger partial charge is 0.178 e. The van der Waals surface area contributed by atoms with Crippen LogP contribution in [0.5, 0.6) is 0 Å². The Balaban J connectivity index is 1.87. The van der Waals surface area contributed by atoms with E-state index in [0.29, 0.717) is 0 Å². The van der Waals surface area contributed by atoms with Crippen molar-refractivity contribution in [2.45, 2.75) is 16.5 Å². The van der Waals surface area contributed by atoms with Gasteiger partial charge in [-0.1, -0.05) is 30.0 Å². The van der Waals surface area contributed by atoms with E-state index in [1.54, 1.807) is 23.7 Å². The number of aromatic amines is 1. The van der Waals surface area contributed by atoms with Gasteiger partial charge in [-0.15, -0.1) is 11.3 Å². The van der Waals surface area contributed by atoms with Crippen molar-refractivity contribution in [2.75, 3.05) is 0 Å². The maximum absolute atomic E-state index is 12.5. The molecule has 0 spiro atoms. The average molecular weight is 288 g/mol. The molecule has 2 aromatic heterocycles. The Hall–Kier alpha value is -1.59. The number of carbonyl (C=O) groups is 1. The molecule has 0 saturated carbocycles. The van der Waals surface area contributed by atoms with Gasteiger partial charge in [0.25, 0.3) is 0 Å². The number of thiazole rings is 1. The van der Waals surface area contributed by atoms with Crippen LogP contribution < -0.4 is 0 Å². The normalized spacial score (nSPS) is 12.7. The first kappa shape index (κ1) is 12.4. The summed E-state index contributed by atoms with van der Waals surface area (Å²) in [6, 6.07) is 7.86. The van der Waals surface area contributed by atoms with Gasteiger partial charge in [0.1, 0.15) is 4.34 Å². The Labute approximate surface area is 119 Å². The number of thioether (sulfide) groups is 1. The van der Waals surface area contributed by atoms with Crippen LogP contribution in [0.2, 0.25) is 0 Å². The van der Waals surface area contributed by atoms with Gasteiger partial charge in [-0.25, -0.2) is 4.98 Å². The lowest BCUT2D eigenvalue weighted by Crippen LogP contribution is -2.12. The van der Waals surface area contributed by atoms with E-state index in [4.69, 9.17) is 0 Å². The first-order valence-electron chi connectivity index (χ1n) is 5.92. The number of Topliss-reactive ketones (excluding diaryl/α,β-unsaturated/α-hetero) is 1. The molecule has 5 heteroatoms. The SMILES string of the molecule is CC(Sc1nccs1)C(=O)c1c[nH]c2ccccc12. The third kappa shape index (κ3) is 2.43. The largest absolute Gasteiger partial charge is 0.360 e. The Morgan fingerprint density at radius 1 is 1.42 bits per heavy atom. The minimum atomic E-state index is -0.134. The number of fused-ring (bicyclic) bond motifs is 1. The third-order valence-electron chi connectivity index (χ3n) is 2.91. The number of carbonyl (C=O) groups excluding carboxylic acids is 1. The zero-order valence-electron chi connectivity index (χ0n) is 10.3. The van der Waals surface area contributed by atoms with E-state index >= 15 is 0 Å². The molecular formula is C14H12N2OS2. The van der Waals surface area contributed by atoms with Crippen LogP contribution in [-0.2, 0) is 0 Å². The molecule has 3 rings (SSSR count). The summed E-state index contributed by atoms with van der Waals surface area (Å²) in [5.41, 5.74) is 1.75. The molecule has 0 saturated heterocycles. The van der Waals surface area contributed by atoms with E-state index in [9.17, 15) is 4.79 Å². The molecule has 0 bridgehead atoms. The van der Waals surface area contributed by atoms with Crippen LogP contribution >= 0.6 is 23.1 Å². The van der Waals surface area contributed by atoms with Crippen molar-refractivity contribution >= 4 is 39.8 Å². The van der Waals surface area contributed by atoms with E-state index in [0.717, 1.165) is 20.8 Å². The zero-order valence-corrected chi connectivity index (χ0v) is 11.9. The van der Waals surface area contributed by atoms with E-state index in [1.807, 2.05) is 36.6 Å². The van der Waals surface area contributed by atoms with Crippen LogP contribution in [0, 0.1) is 0 Å². The molecular weight excluding hydrogens is 276 g/mol. The molecule has 96 valence electrons. The second kappa shape index (κ2) is 5.19. The van der Waals surface area contributed by atoms with Gasteiger partial charge in [0.15, 0.2) is 5.78 Å². The third-order valence-corrected chi connectivity index (χ3v) is 4.93. The molecule has 0 aliphatic rings. The fourth-order valence-electron chi connectivity index (χ4n) is 1.97. The van der Waals surface area contributed by atoms with Crippen molar-refractivity contribution in [3.05, 3.63) is 47.6 Å². The monoisotopic (exact) mass is 288 g/mol. The number of ketones is 1. The van der Waals surface area contributed by atoms with Crippen molar-refractivity contribution in [3.8, 4) is 0 Å². The number of nitrogens with one attached hydrogen (secondary N) is 1. The lowest BCUT2D eigenvalue weighted by Gasteiger charge is -2.07. The maximum Gasteiger partial charge on any atom is 0.178 e. The van der Waals surface area contributed by atoms with Gasteiger partial charge in [0.2, 0.25) is 0 Å². The second-order valence-corrected chi connectivity index (χ2v) is 6.65. The Kier molecular flexibility index (Phi) is 3.40. The van der Waals surface area contributed by atoms with Crippen molar-refractivity contribution in [1.82, 2.24) is 9.97 Å². The van der Waals surface area contributed by atoms with Crippen molar-refractivity contribution in [3.63, 3.8) is 0 Å². The molecule has 1 N–H and O–H groups in total. The average Bonchev–Trinajstić information content (AvgIpc) is 3.06. The van der Waals surface area contributed by atoms with Gasteiger partial charge in [-0.2, -0.15) is 0 Å². The summed E-state index contributed by atoms with van der Waals surface area (Å²) in [5, 5.41) is 2.77. The number of hydrogen-bond acceptors (Lipinski definition) is 4. The van der Waals surface area contributed by atoms with E-state index in [1.165, 1.54) is 11.8 Å². The summed E-state index contributed by atoms with van der Waals surface area (Å²) in [4.78, 5) is 19.8. The van der Waals surface area contributed by atoms with Crippen LogP contribution in [-0.4, -0.2) is 21.0 Å². The Bertz CT molecular complexity index is 703. The minimum Gasteiger partial charge on any atom is -0.360 e. The van der Waals surface area contributed by atoms with Crippen molar-refractivity contribution < 1.29 is 4.79 Å². The van der Waals surface area contributed by atoms with E-state index < -0.39 is 0 Å². The van der Waals surface area contributed by atoms with Crippen LogP contribution in [0.4, 0.5) is 0 Å². The lowest BCUT2D eigenvalue weighted by molar-refractivity contribution is 0.0995. The fourth-order valence-corrected chi connectivity index (χ4v) is 3.81. The molecule has 3 aromatic rings. The maximum atomic E-state index is 12.5. The summed E-state index contributed by atoms with van der Waals surface area (Å²) in [7, 11) is 0. The Morgan fingerprint density at radius 3 is 3.05 bits per heavy atom. The number of hydrogen-bond donors (Lipinski definition) is 1. The van der Waals surface area contributed by atoms with Crippen molar-refractivity contribution in [1.29, 1.82) is 0 Å². The van der Waals surface area contributed by atoms with Crippen molar-refractivity contribution in [2.24, 2.45) is 0 Å². The number of nitrogens with zero attached hydrogens (tertiary/aromatic N) is 1. The highest BCUT2D eigenvalue weighted by atomic mass is 32.2. The molecule has 1 aromatic carbocycles. The number of aromatic nitrogens is 2. The van der Waals surface area contributed by atoms with Gasteiger partial charge < -0.3 is 4.98 Å². The second-order valence-electron chi connectivity index (χ2n) is 4.17. The molecule has 1 unspecified atom stereocenters. The molecule has 2 heterocycles. The molecule has 0 aliphatic carbocycles. The molecule has 1 atom stereocenters. The number of rotatable bonds is 4. The number of benzene rings is 1. The van der Waals surface area contributed by atoms with Gasteiger partial charge in [0.05, 0.1) is 5.25 Å². The quantitative estimate of drug-likeness (QED) is 0.583. The van der Waals surface area contributed by atoms with Gasteiger partial charge in [-0.3, -0.25) is 4.79 Å². The molecule has 3 nitrogen and oxygen atoms in total. The van der Waals surface area contributed by atoms with Gasteiger partial charge in [-0.05, 0) is 13.0 Å². The summed E-state index contributed by atoms with van der Waals surface area (Å²) in [6.45, 7) is 1.93. The lowest BCUT2D eigenvalue weighted by atomic mass is 10.1. The molecule has 0 amide bonds. The first-order chi connectivity index (χ1) is 9.25. The summed E-state index contributed by atoms with van der Waals surface area (Å²) in [6.07, 6.45) is 3.56.